The third kappa shape index (κ3) is 3.49. The Labute approximate surface area is 186 Å². The van der Waals surface area contributed by atoms with Crippen molar-refractivity contribution in [2.24, 2.45) is 7.05 Å². The molecule has 0 saturated heterocycles. The van der Waals surface area contributed by atoms with Gasteiger partial charge in [0, 0.05) is 7.05 Å². The molecule has 176 valence electrons. The smallest absolute Gasteiger partial charge is 0.353 e. The Kier molecular flexibility index (Phi) is 5.42. The molecular formula is C21H13F5N4O4. The summed E-state index contributed by atoms with van der Waals surface area (Å²) in [7, 11) is 1.55. The number of nitrogens with zero attached hydrogens (tertiary/aromatic N) is 4. The topological polar surface area (TPSA) is 96.1 Å². The molecular weight excluding hydrogens is 467 g/mol. The molecule has 2 aromatic rings. The zero-order chi connectivity index (χ0) is 25.1. The fourth-order valence-electron chi connectivity index (χ4n) is 3.31. The average molecular weight is 480 g/mol. The van der Waals surface area contributed by atoms with E-state index in [4.69, 9.17) is 0 Å². The Bertz CT molecular complexity index is 1580. The van der Waals surface area contributed by atoms with Gasteiger partial charge in [-0.25, -0.2) is 32.3 Å². The normalized spacial score (nSPS) is 11.4. The van der Waals surface area contributed by atoms with Crippen molar-refractivity contribution in [3.63, 3.8) is 0 Å². The summed E-state index contributed by atoms with van der Waals surface area (Å²) in [6, 6.07) is 3.49. The van der Waals surface area contributed by atoms with Gasteiger partial charge in [-0.05, 0) is 37.1 Å². The minimum Gasteiger partial charge on any atom is -0.419 e. The van der Waals surface area contributed by atoms with E-state index >= 15 is 0 Å². The number of hydrogen-bond donors (Lipinski definition) is 0. The monoisotopic (exact) mass is 480 g/mol. The highest BCUT2D eigenvalue weighted by Crippen LogP contribution is 2.29. The molecule has 34 heavy (non-hydrogen) atoms. The first kappa shape index (κ1) is 23.0. The van der Waals surface area contributed by atoms with Crippen molar-refractivity contribution in [1.29, 1.82) is 0 Å². The molecule has 13 heteroatoms. The number of rotatable bonds is 3. The van der Waals surface area contributed by atoms with Crippen molar-refractivity contribution < 1.29 is 31.5 Å². The van der Waals surface area contributed by atoms with E-state index in [1.807, 2.05) is 13.8 Å². The molecule has 0 radical (unpaired) electrons. The summed E-state index contributed by atoms with van der Waals surface area (Å²) < 4.78 is 73.3. The number of carbonyl (C=O) groups excluding carboxylic acids is 1. The van der Waals surface area contributed by atoms with Crippen molar-refractivity contribution in [3.05, 3.63) is 73.2 Å². The first-order chi connectivity index (χ1) is 15.9. The molecule has 8 nitrogen and oxygen atoms in total. The van der Waals surface area contributed by atoms with Gasteiger partial charge in [0.05, 0.1) is 11.0 Å². The number of halogens is 5. The minimum absolute atomic E-state index is 0.0878. The van der Waals surface area contributed by atoms with Gasteiger partial charge in [0.15, 0.2) is 11.5 Å². The average Bonchev–Trinajstić information content (AvgIpc) is 2.79. The lowest BCUT2D eigenvalue weighted by Crippen LogP contribution is -2.41. The molecule has 0 spiro atoms. The van der Waals surface area contributed by atoms with E-state index in [1.54, 1.807) is 19.2 Å². The van der Waals surface area contributed by atoms with Crippen LogP contribution in [0.1, 0.15) is 11.1 Å². The van der Waals surface area contributed by atoms with Crippen LogP contribution >= 0.6 is 0 Å². The van der Waals surface area contributed by atoms with E-state index in [9.17, 15) is 36.3 Å². The maximum Gasteiger partial charge on any atom is 0.353 e. The third-order valence-electron chi connectivity index (χ3n) is 5.27. The standard InChI is InChI=1S/C21H13F5N4O4/c1-7-4-9-10(5-8(7)2)29(3)19-17(27-9)20(32)30(21(33)28-19)6-11(31)34-18-15(25)13(23)12(22)14(24)16(18)26/h4-5H,6H2,1-3H3. The van der Waals surface area contributed by atoms with Gasteiger partial charge in [0.25, 0.3) is 5.56 Å². The summed E-state index contributed by atoms with van der Waals surface area (Å²) in [5.41, 5.74) is 0.196. The number of aryl methyl sites for hydroxylation is 3. The van der Waals surface area contributed by atoms with E-state index in [-0.39, 0.29) is 16.1 Å². The SMILES string of the molecule is Cc1cc2nc3c(=O)n(CC(=O)Oc4c(F)c(F)c(F)c(F)c4F)c(=O)nc-3n(C)c2cc1C. The second kappa shape index (κ2) is 8.01. The number of ether oxygens (including phenoxy) is 1. The molecule has 2 aliphatic rings. The summed E-state index contributed by atoms with van der Waals surface area (Å²) in [5, 5.41) is 0. The quantitative estimate of drug-likeness (QED) is 0.112. The molecule has 0 atom stereocenters. The number of fused-ring (bicyclic) bond motifs is 2. The van der Waals surface area contributed by atoms with Crippen LogP contribution in [-0.2, 0) is 18.4 Å². The van der Waals surface area contributed by atoms with Gasteiger partial charge in [0.2, 0.25) is 34.8 Å². The van der Waals surface area contributed by atoms with Crippen LogP contribution in [0.5, 0.6) is 5.75 Å². The zero-order valence-corrected chi connectivity index (χ0v) is 17.7. The summed E-state index contributed by atoms with van der Waals surface area (Å²) in [4.78, 5) is 45.4. The fourth-order valence-corrected chi connectivity index (χ4v) is 3.31. The van der Waals surface area contributed by atoms with Crippen LogP contribution < -0.4 is 16.0 Å². The highest BCUT2D eigenvalue weighted by molar-refractivity contribution is 5.81. The van der Waals surface area contributed by atoms with Crippen LogP contribution in [0, 0.1) is 42.9 Å². The summed E-state index contributed by atoms with van der Waals surface area (Å²) in [6.45, 7) is 2.46. The highest BCUT2D eigenvalue weighted by Gasteiger charge is 2.29. The van der Waals surface area contributed by atoms with Gasteiger partial charge in [-0.3, -0.25) is 4.79 Å². The first-order valence-corrected chi connectivity index (χ1v) is 9.53. The lowest BCUT2D eigenvalue weighted by molar-refractivity contribution is -0.135. The summed E-state index contributed by atoms with van der Waals surface area (Å²) >= 11 is 0. The van der Waals surface area contributed by atoms with Crippen molar-refractivity contribution in [3.8, 4) is 17.3 Å². The lowest BCUT2D eigenvalue weighted by Gasteiger charge is -2.15. The van der Waals surface area contributed by atoms with Gasteiger partial charge >= 0.3 is 11.7 Å². The third-order valence-corrected chi connectivity index (χ3v) is 5.27. The number of carbonyl (C=O) groups is 1. The van der Waals surface area contributed by atoms with Gasteiger partial charge in [-0.2, -0.15) is 13.8 Å². The summed E-state index contributed by atoms with van der Waals surface area (Å²) in [6.07, 6.45) is 0. The van der Waals surface area contributed by atoms with E-state index in [1.165, 1.54) is 4.57 Å². The first-order valence-electron chi connectivity index (χ1n) is 9.53. The van der Waals surface area contributed by atoms with Crippen LogP contribution in [0.3, 0.4) is 0 Å². The van der Waals surface area contributed by atoms with Gasteiger partial charge < -0.3 is 9.30 Å². The van der Waals surface area contributed by atoms with Crippen LogP contribution in [0.15, 0.2) is 21.7 Å². The van der Waals surface area contributed by atoms with Crippen molar-refractivity contribution in [1.82, 2.24) is 19.1 Å². The molecule has 0 bridgehead atoms. The second-order valence-electron chi connectivity index (χ2n) is 7.43. The highest BCUT2D eigenvalue weighted by atomic mass is 19.2. The zero-order valence-electron chi connectivity index (χ0n) is 17.7. The van der Waals surface area contributed by atoms with Gasteiger partial charge in [-0.1, -0.05) is 0 Å². The van der Waals surface area contributed by atoms with Gasteiger partial charge in [-0.15, -0.1) is 0 Å². The van der Waals surface area contributed by atoms with E-state index in [0.717, 1.165) is 11.1 Å². The van der Waals surface area contributed by atoms with Crippen LogP contribution in [0.2, 0.25) is 0 Å². The molecule has 0 unspecified atom stereocenters. The predicted molar refractivity (Wildman–Crippen MR) is 107 cm³/mol. The fraction of sp³-hybridized carbons (Fsp3) is 0.190. The predicted octanol–water partition coefficient (Wildman–Crippen LogP) is 2.51. The minimum atomic E-state index is -2.44. The Morgan fingerprint density at radius 2 is 1.47 bits per heavy atom. The van der Waals surface area contributed by atoms with E-state index < -0.39 is 58.6 Å². The van der Waals surface area contributed by atoms with Crippen LogP contribution in [0.4, 0.5) is 22.0 Å². The molecule has 2 aliphatic heterocycles. The Morgan fingerprint density at radius 3 is 2.09 bits per heavy atom. The van der Waals surface area contributed by atoms with Gasteiger partial charge in [0.1, 0.15) is 6.54 Å². The molecule has 4 rings (SSSR count). The molecule has 2 heterocycles. The van der Waals surface area contributed by atoms with Crippen LogP contribution in [0.25, 0.3) is 22.6 Å². The molecule has 0 amide bonds. The number of esters is 1. The van der Waals surface area contributed by atoms with E-state index in [0.29, 0.717) is 11.0 Å². The van der Waals surface area contributed by atoms with Crippen molar-refractivity contribution in [2.45, 2.75) is 20.4 Å². The Morgan fingerprint density at radius 1 is 0.912 bits per heavy atom. The van der Waals surface area contributed by atoms with E-state index in [2.05, 4.69) is 14.7 Å². The second-order valence-corrected chi connectivity index (χ2v) is 7.43. The lowest BCUT2D eigenvalue weighted by atomic mass is 10.1. The molecule has 0 aromatic heterocycles. The molecule has 0 fully saturated rings. The van der Waals surface area contributed by atoms with Crippen molar-refractivity contribution >= 4 is 17.0 Å². The van der Waals surface area contributed by atoms with Crippen LogP contribution in [-0.4, -0.2) is 25.1 Å². The molecule has 0 saturated carbocycles. The largest absolute Gasteiger partial charge is 0.419 e. The number of benzene rings is 2. The molecule has 0 N–H and O–H groups in total. The Balaban J connectivity index is 1.79. The maximum absolute atomic E-state index is 13.8. The number of aromatic nitrogens is 4. The van der Waals surface area contributed by atoms with Crippen molar-refractivity contribution in [2.75, 3.05) is 0 Å². The maximum atomic E-state index is 13.8. The molecule has 0 aliphatic carbocycles. The summed E-state index contributed by atoms with van der Waals surface area (Å²) in [5.74, 6) is -15.5. The number of hydrogen-bond acceptors (Lipinski definition) is 6. The Hall–Kier alpha value is -4.16. The molecule has 2 aromatic carbocycles.